The molecule has 1 saturated heterocycles. The first-order valence-electron chi connectivity index (χ1n) is 6.44. The van der Waals surface area contributed by atoms with Crippen LogP contribution in [-0.4, -0.2) is 45.1 Å². The van der Waals surface area contributed by atoms with E-state index in [0.29, 0.717) is 5.13 Å². The number of rotatable bonds is 5. The van der Waals surface area contributed by atoms with E-state index < -0.39 is 30.0 Å². The number of aromatic nitrogens is 2. The quantitative estimate of drug-likeness (QED) is 0.476. The monoisotopic (exact) mass is 327 g/mol. The van der Waals surface area contributed by atoms with E-state index in [1.54, 1.807) is 12.2 Å². The van der Waals surface area contributed by atoms with Crippen LogP contribution >= 0.6 is 23.1 Å². The van der Waals surface area contributed by atoms with E-state index >= 15 is 0 Å². The number of carbonyl (C=O) groups excluding carboxylic acids is 1. The first-order valence-corrected chi connectivity index (χ1v) is 8.24. The molecule has 112 valence electrons. The van der Waals surface area contributed by atoms with Gasteiger partial charge in [0.2, 0.25) is 11.0 Å². The summed E-state index contributed by atoms with van der Waals surface area (Å²) in [5.41, 5.74) is 0. The summed E-state index contributed by atoms with van der Waals surface area (Å²) in [6.07, 6.45) is 2.44. The number of hydrogen-bond acceptors (Lipinski definition) is 7. The Kier molecular flexibility index (Phi) is 3.96. The number of thioether (sulfide) groups is 1. The zero-order chi connectivity index (χ0) is 15.0. The summed E-state index contributed by atoms with van der Waals surface area (Å²) < 4.78 is 6.24. The maximum Gasteiger partial charge on any atom is 0.310 e. The van der Waals surface area contributed by atoms with Crippen LogP contribution in [-0.2, 0) is 14.3 Å². The Bertz CT molecular complexity index is 603. The number of nitrogens with zero attached hydrogens (tertiary/aromatic N) is 2. The number of amides is 1. The predicted octanol–water partition coefficient (Wildman–Crippen LogP) is 1.24. The molecule has 9 heteroatoms. The minimum Gasteiger partial charge on any atom is -0.481 e. The topological polar surface area (TPSA) is 101 Å². The summed E-state index contributed by atoms with van der Waals surface area (Å²) in [5.74, 6) is -2.12. The van der Waals surface area contributed by atoms with Crippen molar-refractivity contribution in [2.45, 2.75) is 23.5 Å². The fourth-order valence-corrected chi connectivity index (χ4v) is 4.20. The zero-order valence-corrected chi connectivity index (χ0v) is 12.7. The smallest absolute Gasteiger partial charge is 0.310 e. The second kappa shape index (κ2) is 5.74. The molecule has 0 radical (unpaired) electrons. The van der Waals surface area contributed by atoms with Gasteiger partial charge in [-0.2, -0.15) is 0 Å². The SMILES string of the molecule is CCSc1nnc(NC(=O)[C@@H]2[C@@H](C(=O)O)[C@@H]3C=C[C@H]2O3)s1. The lowest BCUT2D eigenvalue weighted by Crippen LogP contribution is -2.39. The van der Waals surface area contributed by atoms with E-state index in [9.17, 15) is 14.7 Å². The Morgan fingerprint density at radius 3 is 2.76 bits per heavy atom. The van der Waals surface area contributed by atoms with Crippen LogP contribution in [0.2, 0.25) is 0 Å². The maximum absolute atomic E-state index is 12.3. The van der Waals surface area contributed by atoms with Gasteiger partial charge in [-0.1, -0.05) is 42.2 Å². The number of fused-ring (bicyclic) bond motifs is 2. The standard InChI is InChI=1S/C12H13N3O4S2/c1-2-20-12-15-14-11(21-12)13-9(16)7-5-3-4-6(19-5)8(7)10(17)18/h3-8H,2H2,1H3,(H,17,18)(H,13,14,16)/t5-,6+,7+,8+/m1/s1. The predicted molar refractivity (Wildman–Crippen MR) is 77.4 cm³/mol. The number of carboxylic acids is 1. The summed E-state index contributed by atoms with van der Waals surface area (Å²) in [6.45, 7) is 2.00. The van der Waals surface area contributed by atoms with Crippen LogP contribution in [0.3, 0.4) is 0 Å². The highest BCUT2D eigenvalue weighted by Crippen LogP contribution is 2.40. The molecular formula is C12H13N3O4S2. The van der Waals surface area contributed by atoms with Gasteiger partial charge in [-0.3, -0.25) is 9.59 Å². The van der Waals surface area contributed by atoms with Crippen LogP contribution in [0, 0.1) is 11.8 Å². The molecule has 0 spiro atoms. The average molecular weight is 327 g/mol. The van der Waals surface area contributed by atoms with E-state index in [4.69, 9.17) is 4.74 Å². The summed E-state index contributed by atoms with van der Waals surface area (Å²) in [7, 11) is 0. The molecule has 1 amide bonds. The van der Waals surface area contributed by atoms with E-state index in [2.05, 4.69) is 15.5 Å². The maximum atomic E-state index is 12.3. The Morgan fingerprint density at radius 2 is 2.10 bits per heavy atom. The van der Waals surface area contributed by atoms with Crippen molar-refractivity contribution in [3.63, 3.8) is 0 Å². The number of nitrogens with one attached hydrogen (secondary N) is 1. The Hall–Kier alpha value is -1.45. The molecule has 4 atom stereocenters. The molecule has 2 N–H and O–H groups in total. The fourth-order valence-electron chi connectivity index (χ4n) is 2.55. The number of carboxylic acid groups (broad SMARTS) is 1. The highest BCUT2D eigenvalue weighted by molar-refractivity contribution is 8.01. The van der Waals surface area contributed by atoms with Crippen molar-refractivity contribution in [2.75, 3.05) is 11.1 Å². The summed E-state index contributed by atoms with van der Waals surface area (Å²) >= 11 is 2.81. The fraction of sp³-hybridized carbons (Fsp3) is 0.500. The molecular weight excluding hydrogens is 314 g/mol. The van der Waals surface area contributed by atoms with Gasteiger partial charge in [-0.25, -0.2) is 0 Å². The van der Waals surface area contributed by atoms with Crippen LogP contribution in [0.15, 0.2) is 16.5 Å². The number of aliphatic carboxylic acids is 1. The van der Waals surface area contributed by atoms with Crippen LogP contribution < -0.4 is 5.32 Å². The molecule has 1 aromatic rings. The van der Waals surface area contributed by atoms with Crippen molar-refractivity contribution >= 4 is 40.1 Å². The number of hydrogen-bond donors (Lipinski definition) is 2. The third-order valence-electron chi connectivity index (χ3n) is 3.39. The normalized spacial score (nSPS) is 29.8. The second-order valence-corrected chi connectivity index (χ2v) is 7.12. The largest absolute Gasteiger partial charge is 0.481 e. The van der Waals surface area contributed by atoms with Crippen LogP contribution in [0.5, 0.6) is 0 Å². The average Bonchev–Trinajstić information content (AvgIpc) is 3.13. The highest BCUT2D eigenvalue weighted by Gasteiger charge is 2.53. The Labute approximate surface area is 128 Å². The van der Waals surface area contributed by atoms with Crippen LogP contribution in [0.1, 0.15) is 6.92 Å². The lowest BCUT2D eigenvalue weighted by molar-refractivity contribution is -0.145. The molecule has 1 aromatic heterocycles. The molecule has 0 aliphatic carbocycles. The van der Waals surface area contributed by atoms with Gasteiger partial charge in [0.1, 0.15) is 5.92 Å². The highest BCUT2D eigenvalue weighted by atomic mass is 32.2. The van der Waals surface area contributed by atoms with Gasteiger partial charge >= 0.3 is 5.97 Å². The molecule has 3 heterocycles. The van der Waals surface area contributed by atoms with Crippen molar-refractivity contribution in [3.05, 3.63) is 12.2 Å². The van der Waals surface area contributed by atoms with Crippen molar-refractivity contribution in [1.29, 1.82) is 0 Å². The molecule has 1 fully saturated rings. The minimum absolute atomic E-state index is 0.381. The third-order valence-corrected chi connectivity index (χ3v) is 5.25. The van der Waals surface area contributed by atoms with Crippen LogP contribution in [0.25, 0.3) is 0 Å². The van der Waals surface area contributed by atoms with Gasteiger partial charge in [0.15, 0.2) is 4.34 Å². The first-order chi connectivity index (χ1) is 10.1. The molecule has 2 aliphatic heterocycles. The van der Waals surface area contributed by atoms with Gasteiger partial charge in [0, 0.05) is 0 Å². The van der Waals surface area contributed by atoms with Gasteiger partial charge < -0.3 is 15.2 Å². The first kappa shape index (κ1) is 14.5. The number of ether oxygens (including phenoxy) is 1. The summed E-state index contributed by atoms with van der Waals surface area (Å²) in [4.78, 5) is 23.7. The molecule has 2 aliphatic rings. The Balaban J connectivity index is 1.72. The molecule has 3 rings (SSSR count). The summed E-state index contributed by atoms with van der Waals surface area (Å²) in [6, 6.07) is 0. The lowest BCUT2D eigenvalue weighted by atomic mass is 9.82. The molecule has 7 nitrogen and oxygen atoms in total. The number of carbonyl (C=O) groups is 2. The molecule has 2 bridgehead atoms. The van der Waals surface area contributed by atoms with E-state index in [1.165, 1.54) is 23.1 Å². The van der Waals surface area contributed by atoms with Gasteiger partial charge in [0.05, 0.1) is 18.1 Å². The molecule has 0 saturated carbocycles. The third kappa shape index (κ3) is 2.68. The van der Waals surface area contributed by atoms with Crippen LogP contribution in [0.4, 0.5) is 5.13 Å². The molecule has 0 unspecified atom stereocenters. The van der Waals surface area contributed by atoms with E-state index in [-0.39, 0.29) is 5.91 Å². The lowest BCUT2D eigenvalue weighted by Gasteiger charge is -2.20. The minimum atomic E-state index is -1.02. The van der Waals surface area contributed by atoms with Gasteiger partial charge in [0.25, 0.3) is 0 Å². The molecule has 0 aromatic carbocycles. The van der Waals surface area contributed by atoms with Crippen molar-refractivity contribution in [3.8, 4) is 0 Å². The van der Waals surface area contributed by atoms with E-state index in [0.717, 1.165) is 10.1 Å². The molecule has 21 heavy (non-hydrogen) atoms. The van der Waals surface area contributed by atoms with E-state index in [1.807, 2.05) is 6.92 Å². The van der Waals surface area contributed by atoms with Gasteiger partial charge in [-0.05, 0) is 5.75 Å². The summed E-state index contributed by atoms with van der Waals surface area (Å²) in [5, 5.41) is 20.1. The second-order valence-electron chi connectivity index (χ2n) is 4.64. The zero-order valence-electron chi connectivity index (χ0n) is 11.1. The van der Waals surface area contributed by atoms with Crippen molar-refractivity contribution in [1.82, 2.24) is 10.2 Å². The Morgan fingerprint density at radius 1 is 1.38 bits per heavy atom. The van der Waals surface area contributed by atoms with Crippen molar-refractivity contribution < 1.29 is 19.4 Å². The van der Waals surface area contributed by atoms with Gasteiger partial charge in [-0.15, -0.1) is 10.2 Å². The van der Waals surface area contributed by atoms with Crippen molar-refractivity contribution in [2.24, 2.45) is 11.8 Å². The number of anilines is 1.